The molecule has 4 N–H and O–H groups in total. The Morgan fingerprint density at radius 2 is 2.43 bits per heavy atom. The molecule has 3 atom stereocenters. The van der Waals surface area contributed by atoms with Gasteiger partial charge in [0.1, 0.15) is 5.56 Å². The van der Waals surface area contributed by atoms with Crippen LogP contribution in [0.2, 0.25) is 0 Å². The zero-order valence-corrected chi connectivity index (χ0v) is 15.4. The number of anilines is 1. The molecule has 0 aromatic carbocycles. The standard InChI is InChI=1S/C18H23N7O3/c19-4-1-11-7-22-17-15(16(20)24-25(17)9-11)18(26)23-13-8-21-5-2-14(13)28-12-3-6-27-10-12/h7,9,12-14,21H,1-3,5-6,8,10H2,(H2,20,24)(H,23,26). The fourth-order valence-electron chi connectivity index (χ4n) is 3.64. The highest BCUT2D eigenvalue weighted by Crippen LogP contribution is 2.20. The first-order valence-electron chi connectivity index (χ1n) is 9.40. The number of hydrogen-bond donors (Lipinski definition) is 3. The second-order valence-electron chi connectivity index (χ2n) is 7.06. The molecule has 10 nitrogen and oxygen atoms in total. The molecule has 2 aliphatic rings. The summed E-state index contributed by atoms with van der Waals surface area (Å²) in [4.78, 5) is 17.2. The largest absolute Gasteiger partial charge is 0.381 e. The molecular weight excluding hydrogens is 362 g/mol. The first kappa shape index (κ1) is 18.6. The van der Waals surface area contributed by atoms with Crippen molar-refractivity contribution in [1.82, 2.24) is 25.2 Å². The lowest BCUT2D eigenvalue weighted by Crippen LogP contribution is -2.55. The molecule has 2 aromatic heterocycles. The van der Waals surface area contributed by atoms with Gasteiger partial charge < -0.3 is 25.8 Å². The molecule has 0 spiro atoms. The molecule has 10 heteroatoms. The number of rotatable bonds is 5. The van der Waals surface area contributed by atoms with Gasteiger partial charge >= 0.3 is 0 Å². The van der Waals surface area contributed by atoms with Crippen molar-refractivity contribution in [1.29, 1.82) is 5.26 Å². The van der Waals surface area contributed by atoms with E-state index < -0.39 is 0 Å². The SMILES string of the molecule is N#CCc1cnc2c(C(=O)NC3CNCCC3OC3CCOC3)c(N)nn2c1. The first-order valence-corrected chi connectivity index (χ1v) is 9.40. The van der Waals surface area contributed by atoms with Gasteiger partial charge in [-0.2, -0.15) is 5.26 Å². The van der Waals surface area contributed by atoms with Gasteiger partial charge in [0.05, 0.1) is 37.3 Å². The number of piperidine rings is 1. The molecule has 148 valence electrons. The van der Waals surface area contributed by atoms with Gasteiger partial charge in [0, 0.05) is 31.1 Å². The molecule has 3 unspecified atom stereocenters. The van der Waals surface area contributed by atoms with Gasteiger partial charge in [0.25, 0.3) is 5.91 Å². The van der Waals surface area contributed by atoms with Gasteiger partial charge in [-0.1, -0.05) is 0 Å². The fraction of sp³-hybridized carbons (Fsp3) is 0.556. The van der Waals surface area contributed by atoms with E-state index in [1.807, 2.05) is 0 Å². The van der Waals surface area contributed by atoms with E-state index in [0.717, 1.165) is 19.4 Å². The second-order valence-corrected chi connectivity index (χ2v) is 7.06. The number of ether oxygens (including phenoxy) is 2. The number of nitrogen functional groups attached to an aromatic ring is 1. The van der Waals surface area contributed by atoms with Crippen molar-refractivity contribution >= 4 is 17.4 Å². The van der Waals surface area contributed by atoms with Gasteiger partial charge in [-0.05, 0) is 19.4 Å². The van der Waals surface area contributed by atoms with E-state index in [9.17, 15) is 4.79 Å². The number of carbonyl (C=O) groups excluding carboxylic acids is 1. The van der Waals surface area contributed by atoms with Crippen LogP contribution in [0.4, 0.5) is 5.82 Å². The summed E-state index contributed by atoms with van der Waals surface area (Å²) in [5, 5.41) is 19.3. The van der Waals surface area contributed by atoms with Crippen LogP contribution in [-0.4, -0.2) is 65.1 Å². The molecule has 2 aromatic rings. The smallest absolute Gasteiger partial charge is 0.259 e. The maximum Gasteiger partial charge on any atom is 0.259 e. The summed E-state index contributed by atoms with van der Waals surface area (Å²) < 4.78 is 13.0. The Morgan fingerprint density at radius 3 is 3.21 bits per heavy atom. The van der Waals surface area contributed by atoms with Crippen molar-refractivity contribution in [2.24, 2.45) is 0 Å². The molecule has 0 bridgehead atoms. The Hall–Kier alpha value is -2.74. The highest BCUT2D eigenvalue weighted by Gasteiger charge is 2.32. The molecule has 2 aliphatic heterocycles. The van der Waals surface area contributed by atoms with Gasteiger partial charge in [-0.25, -0.2) is 9.50 Å². The topological polar surface area (TPSA) is 140 Å². The predicted octanol–water partition coefficient (Wildman–Crippen LogP) is -0.357. The lowest BCUT2D eigenvalue weighted by atomic mass is 10.0. The lowest BCUT2D eigenvalue weighted by Gasteiger charge is -2.34. The average molecular weight is 385 g/mol. The van der Waals surface area contributed by atoms with E-state index in [-0.39, 0.29) is 42.0 Å². The number of nitrogens with one attached hydrogen (secondary N) is 2. The number of hydrogen-bond acceptors (Lipinski definition) is 8. The van der Waals surface area contributed by atoms with E-state index in [2.05, 4.69) is 26.8 Å². The maximum atomic E-state index is 13.0. The summed E-state index contributed by atoms with van der Waals surface area (Å²) in [5.41, 5.74) is 7.29. The van der Waals surface area contributed by atoms with E-state index in [4.69, 9.17) is 20.5 Å². The fourth-order valence-corrected chi connectivity index (χ4v) is 3.64. The Labute approximate surface area is 162 Å². The van der Waals surface area contributed by atoms with Crippen molar-refractivity contribution in [3.63, 3.8) is 0 Å². The average Bonchev–Trinajstić information content (AvgIpc) is 3.30. The number of nitriles is 1. The van der Waals surface area contributed by atoms with Crippen LogP contribution < -0.4 is 16.4 Å². The van der Waals surface area contributed by atoms with Crippen LogP contribution in [0.25, 0.3) is 5.65 Å². The molecule has 1 amide bonds. The Kier molecular flexibility index (Phi) is 5.38. The van der Waals surface area contributed by atoms with Crippen LogP contribution >= 0.6 is 0 Å². The third-order valence-electron chi connectivity index (χ3n) is 5.05. The number of nitrogens with two attached hydrogens (primary N) is 1. The van der Waals surface area contributed by atoms with Crippen molar-refractivity contribution < 1.29 is 14.3 Å². The number of nitrogens with zero attached hydrogens (tertiary/aromatic N) is 4. The maximum absolute atomic E-state index is 13.0. The van der Waals surface area contributed by atoms with Crippen LogP contribution in [0.1, 0.15) is 28.8 Å². The zero-order chi connectivity index (χ0) is 19.5. The molecule has 2 fully saturated rings. The summed E-state index contributed by atoms with van der Waals surface area (Å²) in [6.07, 6.45) is 5.10. The van der Waals surface area contributed by atoms with E-state index in [1.165, 1.54) is 4.52 Å². The minimum atomic E-state index is -0.335. The third-order valence-corrected chi connectivity index (χ3v) is 5.05. The lowest BCUT2D eigenvalue weighted by molar-refractivity contribution is -0.0430. The molecule has 4 heterocycles. The molecule has 4 rings (SSSR count). The number of aromatic nitrogens is 3. The van der Waals surface area contributed by atoms with Gasteiger partial charge in [0.2, 0.25) is 0 Å². The second kappa shape index (κ2) is 8.10. The normalized spacial score (nSPS) is 24.9. The quantitative estimate of drug-likeness (QED) is 0.634. The van der Waals surface area contributed by atoms with Gasteiger partial charge in [0.15, 0.2) is 11.5 Å². The van der Waals surface area contributed by atoms with Crippen LogP contribution in [0.15, 0.2) is 12.4 Å². The summed E-state index contributed by atoms with van der Waals surface area (Å²) in [6.45, 7) is 2.77. The number of amides is 1. The van der Waals surface area contributed by atoms with Crippen molar-refractivity contribution in [3.05, 3.63) is 23.5 Å². The minimum Gasteiger partial charge on any atom is -0.381 e. The molecule has 0 aliphatic carbocycles. The van der Waals surface area contributed by atoms with Gasteiger partial charge in [-0.3, -0.25) is 4.79 Å². The van der Waals surface area contributed by atoms with Crippen molar-refractivity contribution in [2.45, 2.75) is 37.5 Å². The first-order chi connectivity index (χ1) is 13.7. The third kappa shape index (κ3) is 3.77. The number of carbonyl (C=O) groups is 1. The van der Waals surface area contributed by atoms with Gasteiger partial charge in [-0.15, -0.1) is 5.10 Å². The Morgan fingerprint density at radius 1 is 1.54 bits per heavy atom. The molecule has 0 saturated carbocycles. The van der Waals surface area contributed by atoms with E-state index >= 15 is 0 Å². The van der Waals surface area contributed by atoms with Crippen LogP contribution in [0.3, 0.4) is 0 Å². The highest BCUT2D eigenvalue weighted by molar-refractivity contribution is 6.04. The minimum absolute atomic E-state index is 0.0739. The summed E-state index contributed by atoms with van der Waals surface area (Å²) >= 11 is 0. The Bertz CT molecular complexity index is 900. The van der Waals surface area contributed by atoms with E-state index in [0.29, 0.717) is 31.0 Å². The highest BCUT2D eigenvalue weighted by atomic mass is 16.6. The van der Waals surface area contributed by atoms with Crippen molar-refractivity contribution in [2.75, 3.05) is 32.0 Å². The summed E-state index contributed by atoms with van der Waals surface area (Å²) in [7, 11) is 0. The molecule has 28 heavy (non-hydrogen) atoms. The Balaban J connectivity index is 1.51. The van der Waals surface area contributed by atoms with E-state index in [1.54, 1.807) is 12.4 Å². The molecule has 2 saturated heterocycles. The molecular formula is C18H23N7O3. The zero-order valence-electron chi connectivity index (χ0n) is 15.4. The predicted molar refractivity (Wildman–Crippen MR) is 99.6 cm³/mol. The summed E-state index contributed by atoms with van der Waals surface area (Å²) in [5.74, 6) is -0.234. The van der Waals surface area contributed by atoms with Crippen LogP contribution in [0, 0.1) is 11.3 Å². The monoisotopic (exact) mass is 385 g/mol. The summed E-state index contributed by atoms with van der Waals surface area (Å²) in [6, 6.07) is 1.87. The van der Waals surface area contributed by atoms with Crippen LogP contribution in [0.5, 0.6) is 0 Å². The molecule has 0 radical (unpaired) electrons. The number of fused-ring (bicyclic) bond motifs is 1. The van der Waals surface area contributed by atoms with Crippen LogP contribution in [-0.2, 0) is 15.9 Å². The van der Waals surface area contributed by atoms with Crippen molar-refractivity contribution in [3.8, 4) is 6.07 Å².